The van der Waals surface area contributed by atoms with E-state index >= 15 is 8.78 Å². The summed E-state index contributed by atoms with van der Waals surface area (Å²) in [5, 5.41) is 8.44. The highest BCUT2D eigenvalue weighted by molar-refractivity contribution is 6.02. The average molecular weight is 835 g/mol. The molecule has 0 radical (unpaired) electrons. The van der Waals surface area contributed by atoms with Gasteiger partial charge in [0.1, 0.15) is 17.7 Å². The molecule has 2 N–H and O–H groups in total. The zero-order valence-electron chi connectivity index (χ0n) is 34.6. The molecule has 6 fully saturated rings. The molecule has 1 aromatic carbocycles. The van der Waals surface area contributed by atoms with E-state index in [4.69, 9.17) is 9.84 Å². The third kappa shape index (κ3) is 6.22. The summed E-state index contributed by atoms with van der Waals surface area (Å²) in [5.41, 5.74) is 4.21. The lowest BCUT2D eigenvalue weighted by Crippen LogP contribution is -2.49. The fraction of sp³-hybridized carbons (Fsp3) is 0.565. The second kappa shape index (κ2) is 14.2. The summed E-state index contributed by atoms with van der Waals surface area (Å²) in [7, 11) is 0. The van der Waals surface area contributed by atoms with E-state index in [2.05, 4.69) is 20.2 Å². The van der Waals surface area contributed by atoms with Crippen LogP contribution < -0.4 is 15.1 Å². The molecule has 3 aromatic heterocycles. The van der Waals surface area contributed by atoms with Gasteiger partial charge in [-0.1, -0.05) is 19.1 Å². The molecule has 4 aromatic rings. The first-order valence-corrected chi connectivity index (χ1v) is 22.3. The van der Waals surface area contributed by atoms with E-state index in [9.17, 15) is 19.2 Å². The molecule has 4 amide bonds. The van der Waals surface area contributed by atoms with Crippen molar-refractivity contribution in [3.05, 3.63) is 59.4 Å². The molecule has 4 atom stereocenters. The number of halogens is 2. The number of alkyl halides is 2. The molecule has 0 bridgehead atoms. The predicted molar refractivity (Wildman–Crippen MR) is 222 cm³/mol. The molecule has 5 aliphatic heterocycles. The smallest absolute Gasteiger partial charge is 0.258 e. The van der Waals surface area contributed by atoms with Crippen molar-refractivity contribution in [1.29, 1.82) is 0 Å². The number of hydrogen-bond donors (Lipinski definition) is 2. The van der Waals surface area contributed by atoms with E-state index in [0.29, 0.717) is 70.7 Å². The summed E-state index contributed by atoms with van der Waals surface area (Å²) >= 11 is 0. The van der Waals surface area contributed by atoms with Crippen LogP contribution in [0, 0.1) is 22.7 Å². The molecule has 7 aliphatic rings. The summed E-state index contributed by atoms with van der Waals surface area (Å²) in [6.45, 7) is 5.50. The van der Waals surface area contributed by atoms with E-state index in [1.165, 1.54) is 0 Å². The van der Waals surface area contributed by atoms with Crippen molar-refractivity contribution in [1.82, 2.24) is 30.0 Å². The third-order valence-corrected chi connectivity index (χ3v) is 15.7. The fourth-order valence-electron chi connectivity index (χ4n) is 11.6. The number of hydrogen-bond acceptors (Lipinski definition) is 8. The third-order valence-electron chi connectivity index (χ3n) is 15.7. The number of rotatable bonds is 6. The second-order valence-corrected chi connectivity index (χ2v) is 19.0. The maximum Gasteiger partial charge on any atom is 0.258 e. The first-order valence-electron chi connectivity index (χ1n) is 22.3. The average Bonchev–Trinajstić information content (AvgIpc) is 3.76. The van der Waals surface area contributed by atoms with Crippen LogP contribution in [0.15, 0.2) is 42.6 Å². The van der Waals surface area contributed by atoms with Crippen molar-refractivity contribution in [3.8, 4) is 11.4 Å². The normalized spacial score (nSPS) is 28.6. The molecular weight excluding hydrogens is 783 g/mol. The van der Waals surface area contributed by atoms with E-state index in [1.54, 1.807) is 13.1 Å². The highest BCUT2D eigenvalue weighted by Gasteiger charge is 2.78. The largest absolute Gasteiger partial charge is 0.357 e. The first-order chi connectivity index (χ1) is 29.4. The van der Waals surface area contributed by atoms with Gasteiger partial charge in [-0.2, -0.15) is 5.10 Å². The maximum atomic E-state index is 15.1. The molecule has 15 heteroatoms. The number of amides is 4. The maximum absolute atomic E-state index is 15.1. The Bertz CT molecular complexity index is 2440. The number of nitrogens with zero attached hydrogens (tertiary/aromatic N) is 6. The SMILES string of the molecule is C[C@@]12Cc3c(c(-c4cc5ccc(N6CCC7(CCN(C(=O)C8CCN(c9ccc(C%10CCC(=O)NC%10=O)cn9)CC8)CC7)C6=O)cc5[nH]4)nn3C3CCCCO3)C[C@@H]1C2(F)F. The second-order valence-electron chi connectivity index (χ2n) is 19.0. The Morgan fingerprint density at radius 3 is 2.48 bits per heavy atom. The number of benzene rings is 1. The van der Waals surface area contributed by atoms with E-state index in [1.807, 2.05) is 50.9 Å². The molecule has 1 spiro atoms. The molecule has 5 saturated heterocycles. The van der Waals surface area contributed by atoms with Crippen molar-refractivity contribution in [2.45, 2.75) is 102 Å². The van der Waals surface area contributed by atoms with Gasteiger partial charge in [-0.25, -0.2) is 18.4 Å². The van der Waals surface area contributed by atoms with Crippen molar-refractivity contribution >= 4 is 46.0 Å². The summed E-state index contributed by atoms with van der Waals surface area (Å²) in [4.78, 5) is 66.1. The zero-order valence-corrected chi connectivity index (χ0v) is 34.6. The van der Waals surface area contributed by atoms with Crippen LogP contribution in [0.3, 0.4) is 0 Å². The van der Waals surface area contributed by atoms with Crippen molar-refractivity contribution in [3.63, 3.8) is 0 Å². The first kappa shape index (κ1) is 38.7. The Morgan fingerprint density at radius 1 is 0.934 bits per heavy atom. The van der Waals surface area contributed by atoms with Crippen molar-refractivity contribution in [2.75, 3.05) is 49.1 Å². The summed E-state index contributed by atoms with van der Waals surface area (Å²) < 4.78 is 38.2. The number of aromatic amines is 1. The summed E-state index contributed by atoms with van der Waals surface area (Å²) in [5.74, 6) is -3.23. The van der Waals surface area contributed by atoms with Crippen LogP contribution in [0.25, 0.3) is 22.3 Å². The number of H-pyrrole nitrogens is 1. The number of nitrogens with one attached hydrogen (secondary N) is 2. The number of ether oxygens (including phenoxy) is 1. The number of likely N-dealkylation sites (tertiary alicyclic amines) is 1. The van der Waals surface area contributed by atoms with Gasteiger partial charge in [-0.15, -0.1) is 0 Å². The lowest BCUT2D eigenvalue weighted by molar-refractivity contribution is -0.141. The number of anilines is 2. The minimum Gasteiger partial charge on any atom is -0.357 e. The molecule has 61 heavy (non-hydrogen) atoms. The Kier molecular flexibility index (Phi) is 9.00. The van der Waals surface area contributed by atoms with Gasteiger partial charge in [0.05, 0.1) is 17.0 Å². The van der Waals surface area contributed by atoms with E-state index in [0.717, 1.165) is 83.4 Å². The number of carbonyl (C=O) groups excluding carboxylic acids is 4. The van der Waals surface area contributed by atoms with Crippen molar-refractivity contribution in [2.24, 2.45) is 22.7 Å². The number of fused-ring (bicyclic) bond motifs is 3. The minimum atomic E-state index is -2.70. The Balaban J connectivity index is 0.729. The van der Waals surface area contributed by atoms with Gasteiger partial charge in [0, 0.05) is 103 Å². The highest BCUT2D eigenvalue weighted by atomic mass is 19.3. The predicted octanol–water partition coefficient (Wildman–Crippen LogP) is 6.28. The highest BCUT2D eigenvalue weighted by Crippen LogP contribution is 2.71. The van der Waals surface area contributed by atoms with Crippen LogP contribution in [0.1, 0.15) is 100 Å². The lowest BCUT2D eigenvalue weighted by Gasteiger charge is -2.40. The van der Waals surface area contributed by atoms with E-state index in [-0.39, 0.29) is 54.5 Å². The number of piperidine rings is 3. The standard InChI is InChI=1S/C46H52F2N8O5/c1-44-25-35-32(24-36(44)46(44,47)48)40(52-56(35)39-4-2-3-21-61-39)34-22-28-5-7-30(23-33(28)50-34)55-20-15-45(43(55)60)13-18-54(19-14-45)42(59)27-11-16-53(17-12-27)37-9-6-29(26-49-37)31-8-10-38(57)51-41(31)58/h5-7,9,22-23,26-27,31,36,39,50H,2-4,8,10-21,24-25H2,1H3,(H,51,57,58)/t31?,36-,39?,44+/m0/s1. The van der Waals surface area contributed by atoms with Crippen LogP contribution in [0.2, 0.25) is 0 Å². The fourth-order valence-corrected chi connectivity index (χ4v) is 11.6. The number of imide groups is 1. The molecule has 13 nitrogen and oxygen atoms in total. The van der Waals surface area contributed by atoms with Crippen LogP contribution in [0.5, 0.6) is 0 Å². The van der Waals surface area contributed by atoms with Gasteiger partial charge in [-0.05, 0) is 94.0 Å². The number of aromatic nitrogens is 4. The van der Waals surface area contributed by atoms with Crippen LogP contribution >= 0.6 is 0 Å². The monoisotopic (exact) mass is 834 g/mol. The molecule has 320 valence electrons. The minimum absolute atomic E-state index is 0.0732. The zero-order chi connectivity index (χ0) is 41.8. The summed E-state index contributed by atoms with van der Waals surface area (Å²) in [6, 6.07) is 11.9. The molecule has 8 heterocycles. The Hall–Kier alpha value is -5.18. The topological polar surface area (TPSA) is 146 Å². The molecule has 1 saturated carbocycles. The molecular formula is C46H52F2N8O5. The molecule has 11 rings (SSSR count). The molecule has 2 unspecified atom stereocenters. The van der Waals surface area contributed by atoms with E-state index < -0.39 is 22.7 Å². The van der Waals surface area contributed by atoms with Crippen LogP contribution in [-0.2, 0) is 36.8 Å². The number of pyridine rings is 1. The quantitative estimate of drug-likeness (QED) is 0.216. The Labute approximate surface area is 352 Å². The van der Waals surface area contributed by atoms with Gasteiger partial charge >= 0.3 is 0 Å². The van der Waals surface area contributed by atoms with Crippen LogP contribution in [0.4, 0.5) is 20.3 Å². The van der Waals surface area contributed by atoms with Gasteiger partial charge in [0.25, 0.3) is 5.92 Å². The van der Waals surface area contributed by atoms with Gasteiger partial charge < -0.3 is 24.4 Å². The van der Waals surface area contributed by atoms with Crippen LogP contribution in [-0.4, -0.2) is 93.5 Å². The lowest BCUT2D eigenvalue weighted by atomic mass is 9.76. The van der Waals surface area contributed by atoms with Gasteiger partial charge in [-0.3, -0.25) is 24.5 Å². The Morgan fingerprint density at radius 2 is 1.74 bits per heavy atom. The van der Waals surface area contributed by atoms with Gasteiger partial charge in [0.2, 0.25) is 23.6 Å². The summed E-state index contributed by atoms with van der Waals surface area (Å²) in [6.07, 6.45) is 9.15. The number of carbonyl (C=O) groups is 4. The molecule has 2 aliphatic carbocycles. The van der Waals surface area contributed by atoms with Gasteiger partial charge in [0.15, 0.2) is 0 Å². The van der Waals surface area contributed by atoms with Crippen molar-refractivity contribution < 1.29 is 32.7 Å².